The van der Waals surface area contributed by atoms with E-state index in [1.165, 1.54) is 35.1 Å². The molecular weight excluding hydrogens is 373 g/mol. The molecule has 1 aromatic heterocycles. The zero-order chi connectivity index (χ0) is 20.5. The number of aromatic nitrogens is 2. The summed E-state index contributed by atoms with van der Waals surface area (Å²) in [5, 5.41) is 3.81. The maximum atomic E-state index is 13.7. The molecule has 0 N–H and O–H groups in total. The molecule has 1 atom stereocenters. The molecule has 1 aromatic carbocycles. The van der Waals surface area contributed by atoms with Crippen molar-refractivity contribution >= 4 is 11.8 Å². The molecule has 1 saturated heterocycles. The minimum absolute atomic E-state index is 0.208. The lowest BCUT2D eigenvalue weighted by atomic mass is 10.1. The Labute approximate surface area is 159 Å². The maximum Gasteiger partial charge on any atom is 0.434 e. The quantitative estimate of drug-likeness (QED) is 0.752. The molecule has 6 nitrogen and oxygen atoms in total. The number of carbonyl (C=O) groups excluding carboxylic acids is 2. The van der Waals surface area contributed by atoms with Crippen molar-refractivity contribution in [3.63, 3.8) is 0 Å². The van der Waals surface area contributed by atoms with E-state index in [1.807, 2.05) is 0 Å². The lowest BCUT2D eigenvalue weighted by Crippen LogP contribution is -2.40. The lowest BCUT2D eigenvalue weighted by Gasteiger charge is -2.25. The third-order valence-corrected chi connectivity index (χ3v) is 4.79. The van der Waals surface area contributed by atoms with E-state index < -0.39 is 23.3 Å². The van der Waals surface area contributed by atoms with Gasteiger partial charge in [-0.15, -0.1) is 0 Å². The SMILES string of the molecule is C=CC(=O)N1CC[C@H](N(C)C(=O)c2cnn(-c3ccccc3)c2C(F)(F)F)C1. The number of likely N-dealkylation sites (N-methyl/N-ethyl adjacent to an activating group) is 1. The summed E-state index contributed by atoms with van der Waals surface area (Å²) in [6.07, 6.45) is -2.17. The summed E-state index contributed by atoms with van der Waals surface area (Å²) in [7, 11) is 1.44. The average Bonchev–Trinajstić information content (AvgIpc) is 3.34. The van der Waals surface area contributed by atoms with Gasteiger partial charge in [0.15, 0.2) is 5.69 Å². The molecule has 0 radical (unpaired) electrons. The molecule has 9 heteroatoms. The highest BCUT2D eigenvalue weighted by molar-refractivity contribution is 5.95. The fourth-order valence-corrected chi connectivity index (χ4v) is 3.29. The first-order valence-corrected chi connectivity index (χ1v) is 8.63. The molecule has 0 unspecified atom stereocenters. The number of amides is 2. The van der Waals surface area contributed by atoms with Crippen LogP contribution in [0.1, 0.15) is 22.5 Å². The fraction of sp³-hybridized carbons (Fsp3) is 0.316. The first kappa shape index (κ1) is 19.7. The number of para-hydroxylation sites is 1. The van der Waals surface area contributed by atoms with E-state index in [0.29, 0.717) is 13.0 Å². The second-order valence-corrected chi connectivity index (χ2v) is 6.50. The Balaban J connectivity index is 1.91. The van der Waals surface area contributed by atoms with Gasteiger partial charge in [0.2, 0.25) is 5.91 Å². The van der Waals surface area contributed by atoms with E-state index in [1.54, 1.807) is 18.2 Å². The van der Waals surface area contributed by atoms with Crippen molar-refractivity contribution in [1.82, 2.24) is 19.6 Å². The Morgan fingerprint density at radius 3 is 2.57 bits per heavy atom. The molecule has 2 aromatic rings. The molecule has 0 bridgehead atoms. The van der Waals surface area contributed by atoms with Crippen LogP contribution < -0.4 is 0 Å². The number of carbonyl (C=O) groups is 2. The Morgan fingerprint density at radius 1 is 1.29 bits per heavy atom. The second kappa shape index (κ2) is 7.49. The maximum absolute atomic E-state index is 13.7. The van der Waals surface area contributed by atoms with Crippen LogP contribution in [-0.2, 0) is 11.0 Å². The van der Waals surface area contributed by atoms with Crippen LogP contribution in [0.4, 0.5) is 13.2 Å². The molecule has 148 valence electrons. The van der Waals surface area contributed by atoms with Crippen LogP contribution in [0, 0.1) is 0 Å². The number of hydrogen-bond donors (Lipinski definition) is 0. The number of benzene rings is 1. The van der Waals surface area contributed by atoms with Crippen molar-refractivity contribution in [3.05, 3.63) is 60.4 Å². The Morgan fingerprint density at radius 2 is 1.96 bits per heavy atom. The zero-order valence-corrected chi connectivity index (χ0v) is 15.2. The molecular formula is C19H19F3N4O2. The topological polar surface area (TPSA) is 58.4 Å². The van der Waals surface area contributed by atoms with Crippen LogP contribution in [0.15, 0.2) is 49.2 Å². The van der Waals surface area contributed by atoms with Crippen LogP contribution in [0.25, 0.3) is 5.69 Å². The Hall–Kier alpha value is -3.10. The normalized spacial score (nSPS) is 16.9. The lowest BCUT2D eigenvalue weighted by molar-refractivity contribution is -0.143. The number of alkyl halides is 3. The molecule has 2 heterocycles. The van der Waals surface area contributed by atoms with Gasteiger partial charge in [-0.05, 0) is 24.6 Å². The minimum Gasteiger partial charge on any atom is -0.337 e. The van der Waals surface area contributed by atoms with E-state index >= 15 is 0 Å². The number of halogens is 3. The van der Waals surface area contributed by atoms with Crippen molar-refractivity contribution in [3.8, 4) is 5.69 Å². The summed E-state index contributed by atoms with van der Waals surface area (Å²) in [6.45, 7) is 4.09. The number of hydrogen-bond acceptors (Lipinski definition) is 3. The summed E-state index contributed by atoms with van der Waals surface area (Å²) in [5.74, 6) is -1.05. The standard InChI is InChI=1S/C19H19F3N4O2/c1-3-16(27)25-10-9-14(12-25)24(2)18(28)15-11-23-26(17(15)19(20,21)22)13-7-5-4-6-8-13/h3-8,11,14H,1,9-10,12H2,2H3/t14-/m0/s1. The highest BCUT2D eigenvalue weighted by Gasteiger charge is 2.42. The summed E-state index contributed by atoms with van der Waals surface area (Å²) >= 11 is 0. The first-order chi connectivity index (χ1) is 13.2. The molecule has 28 heavy (non-hydrogen) atoms. The summed E-state index contributed by atoms with van der Waals surface area (Å²) in [4.78, 5) is 27.3. The summed E-state index contributed by atoms with van der Waals surface area (Å²) in [6, 6.07) is 7.45. The van der Waals surface area contributed by atoms with E-state index in [0.717, 1.165) is 10.9 Å². The third kappa shape index (κ3) is 3.64. The zero-order valence-electron chi connectivity index (χ0n) is 15.2. The van der Waals surface area contributed by atoms with Crippen LogP contribution in [0.2, 0.25) is 0 Å². The number of rotatable bonds is 4. The largest absolute Gasteiger partial charge is 0.434 e. The monoisotopic (exact) mass is 392 g/mol. The predicted molar refractivity (Wildman–Crippen MR) is 95.8 cm³/mol. The van der Waals surface area contributed by atoms with Gasteiger partial charge in [-0.1, -0.05) is 24.8 Å². The van der Waals surface area contributed by atoms with Gasteiger partial charge in [0.05, 0.1) is 23.5 Å². The van der Waals surface area contributed by atoms with E-state index in [9.17, 15) is 22.8 Å². The predicted octanol–water partition coefficient (Wildman–Crippen LogP) is 2.75. The van der Waals surface area contributed by atoms with Gasteiger partial charge in [0.25, 0.3) is 5.91 Å². The fourth-order valence-electron chi connectivity index (χ4n) is 3.29. The van der Waals surface area contributed by atoms with Gasteiger partial charge in [0, 0.05) is 20.1 Å². The first-order valence-electron chi connectivity index (χ1n) is 8.63. The van der Waals surface area contributed by atoms with Crippen LogP contribution >= 0.6 is 0 Å². The highest BCUT2D eigenvalue weighted by atomic mass is 19.4. The van der Waals surface area contributed by atoms with Gasteiger partial charge in [-0.2, -0.15) is 18.3 Å². The van der Waals surface area contributed by atoms with Crippen molar-refractivity contribution in [2.45, 2.75) is 18.6 Å². The number of nitrogens with zero attached hydrogens (tertiary/aromatic N) is 4. The van der Waals surface area contributed by atoms with E-state index in [2.05, 4.69) is 11.7 Å². The van der Waals surface area contributed by atoms with Gasteiger partial charge in [0.1, 0.15) is 0 Å². The van der Waals surface area contributed by atoms with E-state index in [4.69, 9.17) is 0 Å². The molecule has 3 rings (SSSR count). The Kier molecular flexibility index (Phi) is 5.26. The smallest absolute Gasteiger partial charge is 0.337 e. The van der Waals surface area contributed by atoms with Crippen LogP contribution in [0.5, 0.6) is 0 Å². The molecule has 0 aliphatic carbocycles. The summed E-state index contributed by atoms with van der Waals surface area (Å²) < 4.78 is 42.0. The third-order valence-electron chi connectivity index (χ3n) is 4.79. The Bertz CT molecular complexity index is 892. The van der Waals surface area contributed by atoms with Crippen LogP contribution in [-0.4, -0.2) is 57.6 Å². The van der Waals surface area contributed by atoms with Crippen molar-refractivity contribution < 1.29 is 22.8 Å². The van der Waals surface area contributed by atoms with Gasteiger partial charge in [-0.25, -0.2) is 4.68 Å². The van der Waals surface area contributed by atoms with Gasteiger partial charge < -0.3 is 9.80 Å². The van der Waals surface area contributed by atoms with Crippen molar-refractivity contribution in [1.29, 1.82) is 0 Å². The molecule has 0 saturated carbocycles. The average molecular weight is 392 g/mol. The second-order valence-electron chi connectivity index (χ2n) is 6.50. The van der Waals surface area contributed by atoms with Crippen molar-refractivity contribution in [2.24, 2.45) is 0 Å². The molecule has 2 amide bonds. The molecule has 1 aliphatic heterocycles. The van der Waals surface area contributed by atoms with Crippen LogP contribution in [0.3, 0.4) is 0 Å². The van der Waals surface area contributed by atoms with Crippen molar-refractivity contribution in [2.75, 3.05) is 20.1 Å². The molecule has 1 aliphatic rings. The number of likely N-dealkylation sites (tertiary alicyclic amines) is 1. The molecule has 1 fully saturated rings. The summed E-state index contributed by atoms with van der Waals surface area (Å²) in [5.41, 5.74) is -1.43. The van der Waals surface area contributed by atoms with Gasteiger partial charge >= 0.3 is 6.18 Å². The van der Waals surface area contributed by atoms with Gasteiger partial charge in [-0.3, -0.25) is 9.59 Å². The minimum atomic E-state index is -4.77. The molecule has 0 spiro atoms. The highest BCUT2D eigenvalue weighted by Crippen LogP contribution is 2.34. The van der Waals surface area contributed by atoms with E-state index in [-0.39, 0.29) is 24.2 Å².